The van der Waals surface area contributed by atoms with Gasteiger partial charge in [-0.25, -0.2) is 4.98 Å². The van der Waals surface area contributed by atoms with Crippen LogP contribution in [0.2, 0.25) is 0 Å². The topological polar surface area (TPSA) is 38.2 Å². The summed E-state index contributed by atoms with van der Waals surface area (Å²) in [7, 11) is 1.60. The summed E-state index contributed by atoms with van der Waals surface area (Å²) in [4.78, 5) is 9.36. The number of ether oxygens (including phenoxy) is 1. The van der Waals surface area contributed by atoms with E-state index >= 15 is 0 Å². The molecule has 0 saturated heterocycles. The van der Waals surface area contributed by atoms with Crippen molar-refractivity contribution in [3.8, 4) is 6.01 Å². The van der Waals surface area contributed by atoms with Gasteiger partial charge in [-0.3, -0.25) is 0 Å². The van der Waals surface area contributed by atoms with E-state index < -0.39 is 11.7 Å². The lowest BCUT2D eigenvalue weighted by Gasteiger charge is -2.26. The second-order valence-corrected chi connectivity index (χ2v) is 6.87. The molecule has 7 heteroatoms. The summed E-state index contributed by atoms with van der Waals surface area (Å²) in [6.07, 6.45) is -0.0573. The molecule has 2 rings (SSSR count). The van der Waals surface area contributed by atoms with E-state index in [-0.39, 0.29) is 17.7 Å². The first-order chi connectivity index (χ1) is 13.3. The van der Waals surface area contributed by atoms with Crippen LogP contribution in [0.15, 0.2) is 30.5 Å². The molecule has 1 heterocycles. The van der Waals surface area contributed by atoms with Crippen molar-refractivity contribution in [2.24, 2.45) is 0 Å². The summed E-state index contributed by atoms with van der Waals surface area (Å²) in [5, 5.41) is 0. The Morgan fingerprint density at radius 2 is 1.86 bits per heavy atom. The quantitative estimate of drug-likeness (QED) is 0.464. The van der Waals surface area contributed by atoms with Gasteiger partial charge < -0.3 is 9.64 Å². The summed E-state index contributed by atoms with van der Waals surface area (Å²) < 4.78 is 46.2. The van der Waals surface area contributed by atoms with Crippen molar-refractivity contribution < 1.29 is 17.9 Å². The molecule has 28 heavy (non-hydrogen) atoms. The van der Waals surface area contributed by atoms with E-state index in [2.05, 4.69) is 30.7 Å². The lowest BCUT2D eigenvalue weighted by atomic mass is 9.96. The molecule has 0 saturated carbocycles. The molecule has 0 radical (unpaired) electrons. The van der Waals surface area contributed by atoms with Crippen LogP contribution in [-0.2, 0) is 6.18 Å². The first-order valence-electron chi connectivity index (χ1n) is 9.69. The zero-order chi connectivity index (χ0) is 20.7. The zero-order valence-electron chi connectivity index (χ0n) is 16.9. The number of para-hydroxylation sites is 1. The van der Waals surface area contributed by atoms with Crippen LogP contribution in [0.4, 0.5) is 24.7 Å². The van der Waals surface area contributed by atoms with Crippen LogP contribution in [0.3, 0.4) is 0 Å². The van der Waals surface area contributed by atoms with Gasteiger partial charge in [0.25, 0.3) is 0 Å². The number of unbranched alkanes of at least 4 members (excludes halogenated alkanes) is 2. The predicted octanol–water partition coefficient (Wildman–Crippen LogP) is 6.35. The van der Waals surface area contributed by atoms with E-state index in [1.54, 1.807) is 7.05 Å². The maximum Gasteiger partial charge on any atom is 0.421 e. The van der Waals surface area contributed by atoms with Crippen LogP contribution in [0.5, 0.6) is 6.01 Å². The highest BCUT2D eigenvalue weighted by atomic mass is 19.4. The van der Waals surface area contributed by atoms with Crippen LogP contribution in [0.25, 0.3) is 0 Å². The predicted molar refractivity (Wildman–Crippen MR) is 105 cm³/mol. The van der Waals surface area contributed by atoms with Crippen molar-refractivity contribution in [1.82, 2.24) is 9.97 Å². The van der Waals surface area contributed by atoms with Crippen LogP contribution < -0.4 is 9.64 Å². The van der Waals surface area contributed by atoms with Gasteiger partial charge in [-0.05, 0) is 30.4 Å². The molecule has 2 aromatic rings. The minimum atomic E-state index is -4.56. The number of anilines is 2. The average molecular weight is 395 g/mol. The number of alkyl halides is 3. The summed E-state index contributed by atoms with van der Waals surface area (Å²) in [5.74, 6) is 0.00309. The number of nitrogens with zero attached hydrogens (tertiary/aromatic N) is 3. The van der Waals surface area contributed by atoms with E-state index in [4.69, 9.17) is 4.74 Å². The van der Waals surface area contributed by atoms with Crippen LogP contribution in [0, 0.1) is 0 Å². The lowest BCUT2D eigenvalue weighted by molar-refractivity contribution is -0.137. The van der Waals surface area contributed by atoms with E-state index in [0.717, 1.165) is 37.4 Å². The molecular weight excluding hydrogens is 367 g/mol. The zero-order valence-corrected chi connectivity index (χ0v) is 16.9. The van der Waals surface area contributed by atoms with Gasteiger partial charge in [0.1, 0.15) is 5.56 Å². The molecule has 1 aromatic heterocycles. The molecule has 0 N–H and O–H groups in total. The Hall–Kier alpha value is -2.31. The fourth-order valence-corrected chi connectivity index (χ4v) is 2.94. The van der Waals surface area contributed by atoms with Gasteiger partial charge in [-0.2, -0.15) is 18.2 Å². The van der Waals surface area contributed by atoms with E-state index in [0.29, 0.717) is 12.3 Å². The fraction of sp³-hybridized carbons (Fsp3) is 0.524. The van der Waals surface area contributed by atoms with E-state index in [1.807, 2.05) is 24.3 Å². The van der Waals surface area contributed by atoms with Gasteiger partial charge >= 0.3 is 12.2 Å². The van der Waals surface area contributed by atoms with Crippen molar-refractivity contribution in [3.05, 3.63) is 41.6 Å². The SMILES string of the molecule is CCCCCOc1ncc(C(F)(F)F)c(N(C)c2ccccc2C(C)CC)n1. The number of hydrogen-bond acceptors (Lipinski definition) is 4. The molecule has 0 aliphatic heterocycles. The third kappa shape index (κ3) is 5.36. The maximum atomic E-state index is 13.6. The van der Waals surface area contributed by atoms with Crippen molar-refractivity contribution in [2.45, 2.75) is 58.5 Å². The van der Waals surface area contributed by atoms with Crippen LogP contribution in [0.1, 0.15) is 63.5 Å². The van der Waals surface area contributed by atoms with E-state index in [9.17, 15) is 13.2 Å². The van der Waals surface area contributed by atoms with E-state index in [1.165, 1.54) is 4.90 Å². The van der Waals surface area contributed by atoms with Crippen molar-refractivity contribution in [1.29, 1.82) is 0 Å². The standard InChI is InChI=1S/C21H28F3N3O/c1-5-7-10-13-28-20-25-14-17(21(22,23)24)19(26-20)27(4)18-12-9-8-11-16(18)15(3)6-2/h8-9,11-12,14-15H,5-7,10,13H2,1-4H3. The van der Waals surface area contributed by atoms with Gasteiger partial charge in [-0.1, -0.05) is 51.8 Å². The summed E-state index contributed by atoms with van der Waals surface area (Å²) in [6, 6.07) is 7.43. The molecule has 154 valence electrons. The fourth-order valence-electron chi connectivity index (χ4n) is 2.94. The first-order valence-corrected chi connectivity index (χ1v) is 9.69. The van der Waals surface area contributed by atoms with Gasteiger partial charge in [0.2, 0.25) is 0 Å². The minimum absolute atomic E-state index is 0.0352. The number of rotatable bonds is 9. The monoisotopic (exact) mass is 395 g/mol. The number of aromatic nitrogens is 2. The summed E-state index contributed by atoms with van der Waals surface area (Å²) in [5.41, 5.74) is 0.789. The molecule has 0 bridgehead atoms. The largest absolute Gasteiger partial charge is 0.463 e. The van der Waals surface area contributed by atoms with Crippen LogP contribution in [-0.4, -0.2) is 23.6 Å². The molecule has 0 aliphatic carbocycles. The highest BCUT2D eigenvalue weighted by Crippen LogP contribution is 2.39. The third-order valence-corrected chi connectivity index (χ3v) is 4.79. The Labute approximate surface area is 164 Å². The highest BCUT2D eigenvalue weighted by Gasteiger charge is 2.37. The average Bonchev–Trinajstić information content (AvgIpc) is 2.69. The van der Waals surface area contributed by atoms with Crippen LogP contribution >= 0.6 is 0 Å². The number of halogens is 3. The normalized spacial score (nSPS) is 12.7. The Kier molecular flexibility index (Phi) is 7.66. The van der Waals surface area contributed by atoms with Gasteiger partial charge in [-0.15, -0.1) is 0 Å². The lowest BCUT2D eigenvalue weighted by Crippen LogP contribution is -2.20. The Bertz CT molecular complexity index is 765. The molecule has 0 amide bonds. The molecule has 1 unspecified atom stereocenters. The molecule has 0 fully saturated rings. The van der Waals surface area contributed by atoms with Gasteiger partial charge in [0.15, 0.2) is 5.82 Å². The second-order valence-electron chi connectivity index (χ2n) is 6.87. The molecule has 0 spiro atoms. The summed E-state index contributed by atoms with van der Waals surface area (Å²) >= 11 is 0. The van der Waals surface area contributed by atoms with Crippen molar-refractivity contribution >= 4 is 11.5 Å². The number of benzene rings is 1. The third-order valence-electron chi connectivity index (χ3n) is 4.79. The van der Waals surface area contributed by atoms with Crippen molar-refractivity contribution in [3.63, 3.8) is 0 Å². The summed E-state index contributed by atoms with van der Waals surface area (Å²) in [6.45, 7) is 6.55. The molecule has 4 nitrogen and oxygen atoms in total. The Morgan fingerprint density at radius 1 is 1.14 bits per heavy atom. The molecule has 1 aromatic carbocycles. The van der Waals surface area contributed by atoms with Gasteiger partial charge in [0.05, 0.1) is 6.61 Å². The Morgan fingerprint density at radius 3 is 2.50 bits per heavy atom. The maximum absolute atomic E-state index is 13.6. The molecule has 0 aliphatic rings. The minimum Gasteiger partial charge on any atom is -0.463 e. The molecule has 1 atom stereocenters. The number of hydrogen-bond donors (Lipinski definition) is 0. The van der Waals surface area contributed by atoms with Crippen molar-refractivity contribution in [2.75, 3.05) is 18.6 Å². The molecular formula is C21H28F3N3O. The first kappa shape index (κ1) is 22.0. The Balaban J connectivity index is 2.43. The smallest absolute Gasteiger partial charge is 0.421 e. The highest BCUT2D eigenvalue weighted by molar-refractivity contribution is 5.66. The van der Waals surface area contributed by atoms with Gasteiger partial charge in [0, 0.05) is 18.9 Å². The second kappa shape index (κ2) is 9.75.